The second-order valence-electron chi connectivity index (χ2n) is 11.3. The second kappa shape index (κ2) is 13.6. The molecule has 1 unspecified atom stereocenters. The van der Waals surface area contributed by atoms with Crippen LogP contribution < -0.4 is 9.62 Å². The summed E-state index contributed by atoms with van der Waals surface area (Å²) >= 11 is 0. The third kappa shape index (κ3) is 8.51. The monoisotopic (exact) mass is 601 g/mol. The number of carbonyl (C=O) groups excluding carboxylic acids is 2. The topological polar surface area (TPSA) is 86.8 Å². The van der Waals surface area contributed by atoms with Crippen LogP contribution in [-0.4, -0.2) is 43.3 Å². The molecular weight excluding hydrogens is 565 g/mol. The molecule has 0 saturated heterocycles. The molecule has 4 rings (SSSR count). The molecule has 1 N–H and O–H groups in total. The Hall–Kier alpha value is -4.50. The van der Waals surface area contributed by atoms with Crippen molar-refractivity contribution in [1.82, 2.24) is 10.2 Å². The number of benzene rings is 4. The van der Waals surface area contributed by atoms with Gasteiger partial charge in [0.25, 0.3) is 10.0 Å². The van der Waals surface area contributed by atoms with E-state index in [-0.39, 0.29) is 29.5 Å². The van der Waals surface area contributed by atoms with Crippen molar-refractivity contribution >= 4 is 27.5 Å². The van der Waals surface area contributed by atoms with Crippen LogP contribution in [0.5, 0.6) is 0 Å². The second-order valence-corrected chi connectivity index (χ2v) is 13.1. The molecule has 0 heterocycles. The van der Waals surface area contributed by atoms with E-state index in [1.165, 1.54) is 29.2 Å². The zero-order chi connectivity index (χ0) is 31.0. The molecular formula is C34H36FN3O4S. The number of nitrogens with one attached hydrogen (secondary N) is 1. The molecule has 1 atom stereocenters. The van der Waals surface area contributed by atoms with E-state index in [0.29, 0.717) is 0 Å². The lowest BCUT2D eigenvalue weighted by Gasteiger charge is -2.35. The van der Waals surface area contributed by atoms with Crippen LogP contribution in [0.2, 0.25) is 0 Å². The minimum Gasteiger partial charge on any atom is -0.350 e. The molecule has 4 aromatic carbocycles. The van der Waals surface area contributed by atoms with Crippen LogP contribution in [0.25, 0.3) is 0 Å². The summed E-state index contributed by atoms with van der Waals surface area (Å²) in [5, 5.41) is 3.00. The number of nitrogens with zero attached hydrogens (tertiary/aromatic N) is 2. The van der Waals surface area contributed by atoms with Gasteiger partial charge in [-0.05, 0) is 68.3 Å². The third-order valence-corrected chi connectivity index (χ3v) is 8.48. The van der Waals surface area contributed by atoms with Gasteiger partial charge in [0.2, 0.25) is 11.8 Å². The maximum absolute atomic E-state index is 14.3. The predicted molar refractivity (Wildman–Crippen MR) is 166 cm³/mol. The van der Waals surface area contributed by atoms with Gasteiger partial charge in [-0.15, -0.1) is 0 Å². The molecule has 0 aromatic heterocycles. The zero-order valence-electron chi connectivity index (χ0n) is 24.5. The average molecular weight is 602 g/mol. The normalized spacial score (nSPS) is 12.3. The maximum Gasteiger partial charge on any atom is 0.264 e. The minimum atomic E-state index is -4.24. The van der Waals surface area contributed by atoms with Crippen LogP contribution in [0.15, 0.2) is 120 Å². The van der Waals surface area contributed by atoms with E-state index >= 15 is 0 Å². The highest BCUT2D eigenvalue weighted by Crippen LogP contribution is 2.25. The van der Waals surface area contributed by atoms with Gasteiger partial charge in [-0.1, -0.05) is 78.9 Å². The largest absolute Gasteiger partial charge is 0.350 e. The quantitative estimate of drug-likeness (QED) is 0.243. The van der Waals surface area contributed by atoms with Crippen molar-refractivity contribution in [2.24, 2.45) is 0 Å². The van der Waals surface area contributed by atoms with E-state index in [1.807, 2.05) is 81.4 Å². The van der Waals surface area contributed by atoms with Crippen LogP contribution in [0.1, 0.15) is 31.9 Å². The Labute approximate surface area is 253 Å². The zero-order valence-corrected chi connectivity index (χ0v) is 25.3. The van der Waals surface area contributed by atoms with Gasteiger partial charge < -0.3 is 10.2 Å². The number of hydrogen-bond donors (Lipinski definition) is 1. The summed E-state index contributed by atoms with van der Waals surface area (Å²) in [4.78, 5) is 29.6. The van der Waals surface area contributed by atoms with E-state index in [9.17, 15) is 22.4 Å². The van der Waals surface area contributed by atoms with Crippen molar-refractivity contribution < 1.29 is 22.4 Å². The van der Waals surface area contributed by atoms with E-state index in [4.69, 9.17) is 0 Å². The van der Waals surface area contributed by atoms with Crippen molar-refractivity contribution in [2.45, 2.75) is 50.2 Å². The lowest BCUT2D eigenvalue weighted by Crippen LogP contribution is -2.56. The first-order valence-electron chi connectivity index (χ1n) is 14.0. The highest BCUT2D eigenvalue weighted by atomic mass is 32.2. The summed E-state index contributed by atoms with van der Waals surface area (Å²) in [6.45, 7) is 5.03. The summed E-state index contributed by atoms with van der Waals surface area (Å²) in [5.41, 5.74) is 1.16. The fourth-order valence-corrected chi connectivity index (χ4v) is 6.08. The molecule has 7 nitrogen and oxygen atoms in total. The van der Waals surface area contributed by atoms with Gasteiger partial charge in [0, 0.05) is 18.5 Å². The molecule has 0 fully saturated rings. The molecule has 0 aliphatic rings. The number of carbonyl (C=O) groups is 2. The number of rotatable bonds is 11. The Balaban J connectivity index is 1.79. The lowest BCUT2D eigenvalue weighted by molar-refractivity contribution is -0.140. The van der Waals surface area contributed by atoms with Gasteiger partial charge in [0.15, 0.2) is 0 Å². The molecule has 0 spiro atoms. The molecule has 0 radical (unpaired) electrons. The first kappa shape index (κ1) is 31.4. The summed E-state index contributed by atoms with van der Waals surface area (Å²) in [5.74, 6) is -1.49. The smallest absolute Gasteiger partial charge is 0.264 e. The van der Waals surface area contributed by atoms with Gasteiger partial charge in [0.1, 0.15) is 18.4 Å². The minimum absolute atomic E-state index is 0.0203. The first-order chi connectivity index (χ1) is 20.4. The van der Waals surface area contributed by atoms with Crippen molar-refractivity contribution in [3.63, 3.8) is 0 Å². The van der Waals surface area contributed by atoms with Crippen LogP contribution in [0.4, 0.5) is 10.1 Å². The Morgan fingerprint density at radius 2 is 1.28 bits per heavy atom. The van der Waals surface area contributed by atoms with Crippen LogP contribution in [-0.2, 0) is 32.6 Å². The summed E-state index contributed by atoms with van der Waals surface area (Å²) in [7, 11) is -4.24. The molecule has 4 aromatic rings. The predicted octanol–water partition coefficient (Wildman–Crippen LogP) is 5.58. The highest BCUT2D eigenvalue weighted by molar-refractivity contribution is 7.92. The van der Waals surface area contributed by atoms with E-state index < -0.39 is 39.9 Å². The Bertz CT molecular complexity index is 1610. The summed E-state index contributed by atoms with van der Waals surface area (Å²) in [6.07, 6.45) is 0.212. The van der Waals surface area contributed by atoms with Crippen molar-refractivity contribution in [1.29, 1.82) is 0 Å². The van der Waals surface area contributed by atoms with E-state index in [0.717, 1.165) is 27.6 Å². The Morgan fingerprint density at radius 3 is 1.81 bits per heavy atom. The van der Waals surface area contributed by atoms with Crippen molar-refractivity contribution in [2.75, 3.05) is 10.8 Å². The average Bonchev–Trinajstić information content (AvgIpc) is 2.98. The highest BCUT2D eigenvalue weighted by Gasteiger charge is 2.35. The number of hydrogen-bond acceptors (Lipinski definition) is 4. The molecule has 43 heavy (non-hydrogen) atoms. The van der Waals surface area contributed by atoms with Crippen molar-refractivity contribution in [3.05, 3.63) is 132 Å². The van der Waals surface area contributed by atoms with Gasteiger partial charge in [-0.2, -0.15) is 0 Å². The number of anilines is 1. The van der Waals surface area contributed by atoms with Gasteiger partial charge >= 0.3 is 0 Å². The standard InChI is InChI=1S/C34H36FN3O4S/c1-34(2,3)36-33(40)31(23-26-13-7-4-8-14-26)37(24-27-15-9-5-10-16-27)32(39)25-38(29-21-19-28(35)20-22-29)43(41,42)30-17-11-6-12-18-30/h4-22,31H,23-25H2,1-3H3,(H,36,40). The number of halogens is 1. The lowest BCUT2D eigenvalue weighted by atomic mass is 10.0. The third-order valence-electron chi connectivity index (χ3n) is 6.69. The number of sulfonamides is 1. The molecule has 224 valence electrons. The van der Waals surface area contributed by atoms with Crippen LogP contribution in [0, 0.1) is 5.82 Å². The van der Waals surface area contributed by atoms with Crippen LogP contribution >= 0.6 is 0 Å². The molecule has 0 saturated carbocycles. The molecule has 0 bridgehead atoms. The fourth-order valence-electron chi connectivity index (χ4n) is 4.64. The van der Waals surface area contributed by atoms with Crippen molar-refractivity contribution in [3.8, 4) is 0 Å². The Kier molecular flexibility index (Phi) is 9.98. The first-order valence-corrected chi connectivity index (χ1v) is 15.4. The number of amides is 2. The Morgan fingerprint density at radius 1 is 0.767 bits per heavy atom. The molecule has 2 amide bonds. The summed E-state index contributed by atoms with van der Waals surface area (Å²) in [6, 6.07) is 30.3. The SMILES string of the molecule is CC(C)(C)NC(=O)C(Cc1ccccc1)N(Cc1ccccc1)C(=O)CN(c1ccc(F)cc1)S(=O)(=O)c1ccccc1. The van der Waals surface area contributed by atoms with Crippen LogP contribution in [0.3, 0.4) is 0 Å². The van der Waals surface area contributed by atoms with Gasteiger partial charge in [-0.25, -0.2) is 12.8 Å². The van der Waals surface area contributed by atoms with Gasteiger partial charge in [0.05, 0.1) is 10.6 Å². The molecule has 9 heteroatoms. The fraction of sp³-hybridized carbons (Fsp3) is 0.235. The molecule has 0 aliphatic heterocycles. The molecule has 0 aliphatic carbocycles. The van der Waals surface area contributed by atoms with E-state index in [1.54, 1.807) is 18.2 Å². The van der Waals surface area contributed by atoms with E-state index in [2.05, 4.69) is 5.32 Å². The maximum atomic E-state index is 14.3. The summed E-state index contributed by atoms with van der Waals surface area (Å²) < 4.78 is 42.6. The van der Waals surface area contributed by atoms with Gasteiger partial charge in [-0.3, -0.25) is 13.9 Å².